The van der Waals surface area contributed by atoms with E-state index in [1.807, 2.05) is 48.5 Å². The molecular weight excluding hydrogens is 326 g/mol. The van der Waals surface area contributed by atoms with Gasteiger partial charge in [-0.05, 0) is 23.8 Å². The van der Waals surface area contributed by atoms with Gasteiger partial charge in [-0.2, -0.15) is 0 Å². The summed E-state index contributed by atoms with van der Waals surface area (Å²) in [6, 6.07) is 15.9. The lowest BCUT2D eigenvalue weighted by Gasteiger charge is -2.22. The van der Waals surface area contributed by atoms with E-state index in [1.165, 1.54) is 0 Å². The highest BCUT2D eigenvalue weighted by molar-refractivity contribution is 9.10. The average molecular weight is 344 g/mol. The van der Waals surface area contributed by atoms with Gasteiger partial charge in [-0.3, -0.25) is 0 Å². The maximum Gasteiger partial charge on any atom is 0.261 e. The first-order chi connectivity index (χ1) is 10.1. The molecule has 108 valence electrons. The number of nitrogens with zero attached hydrogens (tertiary/aromatic N) is 1. The Morgan fingerprint density at radius 2 is 1.90 bits per heavy atom. The van der Waals surface area contributed by atoms with Crippen molar-refractivity contribution in [3.63, 3.8) is 0 Å². The molecule has 2 aromatic rings. The molecule has 0 fully saturated rings. The lowest BCUT2D eigenvalue weighted by Crippen LogP contribution is -2.24. The number of rotatable bonds is 5. The molecule has 1 atom stereocenters. The highest BCUT2D eigenvalue weighted by Crippen LogP contribution is 2.36. The molecule has 0 heterocycles. The summed E-state index contributed by atoms with van der Waals surface area (Å²) in [6.07, 6.45) is 1.43. The molecule has 0 aliphatic carbocycles. The molecule has 0 amide bonds. The molecule has 21 heavy (non-hydrogen) atoms. The van der Waals surface area contributed by atoms with E-state index < -0.39 is 5.54 Å². The lowest BCUT2D eigenvalue weighted by molar-refractivity contribution is 0.413. The Morgan fingerprint density at radius 3 is 2.48 bits per heavy atom. The molecule has 0 spiro atoms. The van der Waals surface area contributed by atoms with Crippen LogP contribution in [-0.2, 0) is 12.0 Å². The molecular formula is C18H18BrNO. The molecule has 0 aromatic heterocycles. The molecule has 0 saturated carbocycles. The third kappa shape index (κ3) is 3.28. The van der Waals surface area contributed by atoms with Gasteiger partial charge >= 0.3 is 0 Å². The van der Waals surface area contributed by atoms with Gasteiger partial charge in [0.25, 0.3) is 5.54 Å². The average Bonchev–Trinajstić information content (AvgIpc) is 2.55. The monoisotopic (exact) mass is 343 g/mol. The van der Waals surface area contributed by atoms with Crippen molar-refractivity contribution >= 4 is 15.9 Å². The summed E-state index contributed by atoms with van der Waals surface area (Å²) >= 11 is 3.58. The van der Waals surface area contributed by atoms with Crippen molar-refractivity contribution in [1.82, 2.24) is 0 Å². The SMILES string of the molecule is [C-]#[N+]C(CC)(Cc1cc(OC)ccc1Br)c1ccccc1. The van der Waals surface area contributed by atoms with E-state index in [-0.39, 0.29) is 0 Å². The van der Waals surface area contributed by atoms with Crippen LogP contribution in [-0.4, -0.2) is 7.11 Å². The van der Waals surface area contributed by atoms with Crippen molar-refractivity contribution in [2.45, 2.75) is 25.3 Å². The van der Waals surface area contributed by atoms with Gasteiger partial charge in [0.2, 0.25) is 0 Å². The van der Waals surface area contributed by atoms with Crippen LogP contribution in [0.5, 0.6) is 5.75 Å². The first-order valence-corrected chi connectivity index (χ1v) is 7.71. The Hall–Kier alpha value is -1.79. The second kappa shape index (κ2) is 6.78. The van der Waals surface area contributed by atoms with Crippen LogP contribution < -0.4 is 4.74 Å². The van der Waals surface area contributed by atoms with Crippen LogP contribution in [0.4, 0.5) is 0 Å². The topological polar surface area (TPSA) is 13.6 Å². The highest BCUT2D eigenvalue weighted by Gasteiger charge is 2.37. The summed E-state index contributed by atoms with van der Waals surface area (Å²) in [5, 5.41) is 0. The third-order valence-electron chi connectivity index (χ3n) is 3.85. The fourth-order valence-corrected chi connectivity index (χ4v) is 2.88. The van der Waals surface area contributed by atoms with Crippen LogP contribution in [0.3, 0.4) is 0 Å². The maximum absolute atomic E-state index is 7.74. The van der Waals surface area contributed by atoms with Crippen molar-refractivity contribution in [1.29, 1.82) is 0 Å². The van der Waals surface area contributed by atoms with E-state index in [1.54, 1.807) is 7.11 Å². The van der Waals surface area contributed by atoms with E-state index in [9.17, 15) is 0 Å². The normalized spacial score (nSPS) is 13.2. The van der Waals surface area contributed by atoms with Gasteiger partial charge in [0.15, 0.2) is 0 Å². The van der Waals surface area contributed by atoms with Crippen LogP contribution in [0.25, 0.3) is 4.85 Å². The van der Waals surface area contributed by atoms with E-state index in [0.717, 1.165) is 27.8 Å². The van der Waals surface area contributed by atoms with E-state index >= 15 is 0 Å². The first-order valence-electron chi connectivity index (χ1n) is 6.92. The number of halogens is 1. The summed E-state index contributed by atoms with van der Waals surface area (Å²) in [7, 11) is 1.66. The van der Waals surface area contributed by atoms with Crippen LogP contribution >= 0.6 is 15.9 Å². The minimum absolute atomic E-state index is 0.532. The quantitative estimate of drug-likeness (QED) is 0.678. The van der Waals surface area contributed by atoms with E-state index in [4.69, 9.17) is 11.3 Å². The standard InChI is InChI=1S/C18H18BrNO/c1-4-18(20-2,15-8-6-5-7-9-15)13-14-12-16(21-3)10-11-17(14)19/h5-12H,4,13H2,1,3H3. The lowest BCUT2D eigenvalue weighted by atomic mass is 9.82. The van der Waals surface area contributed by atoms with Gasteiger partial charge in [0, 0.05) is 16.5 Å². The zero-order valence-electron chi connectivity index (χ0n) is 12.3. The van der Waals surface area contributed by atoms with Crippen molar-refractivity contribution in [2.24, 2.45) is 0 Å². The Labute approximate surface area is 134 Å². The second-order valence-electron chi connectivity index (χ2n) is 5.00. The van der Waals surface area contributed by atoms with Gasteiger partial charge in [-0.15, -0.1) is 0 Å². The number of hydrogen-bond acceptors (Lipinski definition) is 1. The second-order valence-corrected chi connectivity index (χ2v) is 5.85. The van der Waals surface area contributed by atoms with Crippen LogP contribution in [0.1, 0.15) is 24.5 Å². The summed E-state index contributed by atoms with van der Waals surface area (Å²) in [5.41, 5.74) is 1.63. The fraction of sp³-hybridized carbons (Fsp3) is 0.278. The fourth-order valence-electron chi connectivity index (χ4n) is 2.49. The van der Waals surface area contributed by atoms with Crippen LogP contribution in [0.2, 0.25) is 0 Å². The summed E-state index contributed by atoms with van der Waals surface area (Å²) < 4.78 is 6.31. The molecule has 0 N–H and O–H groups in total. The van der Waals surface area contributed by atoms with Gasteiger partial charge in [-0.1, -0.05) is 53.2 Å². The number of benzene rings is 2. The zero-order valence-corrected chi connectivity index (χ0v) is 13.9. The van der Waals surface area contributed by atoms with Gasteiger partial charge in [0.05, 0.1) is 13.5 Å². The summed E-state index contributed by atoms with van der Waals surface area (Å²) in [4.78, 5) is 3.99. The number of ether oxygens (including phenoxy) is 1. The molecule has 2 rings (SSSR count). The summed E-state index contributed by atoms with van der Waals surface area (Å²) in [6.45, 7) is 9.81. The number of hydrogen-bond donors (Lipinski definition) is 0. The van der Waals surface area contributed by atoms with Crippen LogP contribution in [0.15, 0.2) is 53.0 Å². The maximum atomic E-state index is 7.74. The minimum Gasteiger partial charge on any atom is -0.497 e. The molecule has 2 nitrogen and oxygen atoms in total. The Morgan fingerprint density at radius 1 is 1.19 bits per heavy atom. The zero-order chi connectivity index (χ0) is 15.3. The van der Waals surface area contributed by atoms with E-state index in [2.05, 4.69) is 27.7 Å². The third-order valence-corrected chi connectivity index (χ3v) is 4.62. The predicted molar refractivity (Wildman–Crippen MR) is 89.4 cm³/mol. The molecule has 0 saturated heterocycles. The molecule has 2 aromatic carbocycles. The highest BCUT2D eigenvalue weighted by atomic mass is 79.9. The predicted octanol–water partition coefficient (Wildman–Crippen LogP) is 5.22. The first kappa shape index (κ1) is 15.6. The summed E-state index contributed by atoms with van der Waals surface area (Å²) in [5.74, 6) is 0.816. The largest absolute Gasteiger partial charge is 0.497 e. The Bertz CT molecular complexity index is 648. The molecule has 0 radical (unpaired) electrons. The van der Waals surface area contributed by atoms with Crippen molar-refractivity contribution in [3.05, 3.63) is 75.5 Å². The Kier molecular flexibility index (Phi) is 5.03. The van der Waals surface area contributed by atoms with Gasteiger partial charge in [-0.25, -0.2) is 6.57 Å². The molecule has 0 aliphatic heterocycles. The van der Waals surface area contributed by atoms with E-state index in [0.29, 0.717) is 6.42 Å². The van der Waals surface area contributed by atoms with Gasteiger partial charge < -0.3 is 9.58 Å². The van der Waals surface area contributed by atoms with Crippen molar-refractivity contribution < 1.29 is 4.74 Å². The molecule has 1 unspecified atom stereocenters. The smallest absolute Gasteiger partial charge is 0.261 e. The van der Waals surface area contributed by atoms with Crippen molar-refractivity contribution in [3.8, 4) is 5.75 Å². The molecule has 3 heteroatoms. The van der Waals surface area contributed by atoms with Crippen LogP contribution in [0, 0.1) is 6.57 Å². The van der Waals surface area contributed by atoms with Crippen molar-refractivity contribution in [2.75, 3.05) is 7.11 Å². The van der Waals surface area contributed by atoms with Gasteiger partial charge in [0.1, 0.15) is 5.75 Å². The molecule has 0 aliphatic rings. The minimum atomic E-state index is -0.532. The number of methoxy groups -OCH3 is 1. The molecule has 0 bridgehead atoms. The Balaban J connectivity index is 2.44.